The number of anilines is 2. The normalized spacial score (nSPS) is 15.7. The van der Waals surface area contributed by atoms with Crippen LogP contribution in [0.15, 0.2) is 42.5 Å². The van der Waals surface area contributed by atoms with E-state index in [9.17, 15) is 0 Å². The highest BCUT2D eigenvalue weighted by molar-refractivity contribution is 5.81. The van der Waals surface area contributed by atoms with Crippen LogP contribution in [0.4, 0.5) is 11.6 Å². The molecule has 0 saturated carbocycles. The summed E-state index contributed by atoms with van der Waals surface area (Å²) < 4.78 is 1.73. The summed E-state index contributed by atoms with van der Waals surface area (Å²) in [5.41, 5.74) is 11.4. The van der Waals surface area contributed by atoms with Gasteiger partial charge in [0, 0.05) is 55.3 Å². The first-order valence-electron chi connectivity index (χ1n) is 10.9. The van der Waals surface area contributed by atoms with Crippen molar-refractivity contribution < 1.29 is 0 Å². The van der Waals surface area contributed by atoms with E-state index in [1.807, 2.05) is 25.1 Å². The molecule has 1 saturated heterocycles. The van der Waals surface area contributed by atoms with Crippen LogP contribution >= 0.6 is 0 Å². The number of benzene rings is 1. The quantitative estimate of drug-likeness (QED) is 0.549. The van der Waals surface area contributed by atoms with Gasteiger partial charge in [0.15, 0.2) is 5.65 Å². The zero-order chi connectivity index (χ0) is 21.5. The summed E-state index contributed by atoms with van der Waals surface area (Å²) in [6.45, 7) is 4.95. The average Bonchev–Trinajstić information content (AvgIpc) is 3.14. The zero-order valence-electron chi connectivity index (χ0n) is 18.4. The Hall–Kier alpha value is -3.19. The van der Waals surface area contributed by atoms with Gasteiger partial charge in [-0.05, 0) is 45.0 Å². The number of fused-ring (bicyclic) bond motifs is 2. The second-order valence-corrected chi connectivity index (χ2v) is 8.77. The number of nitrogens with two attached hydrogens (primary N) is 1. The van der Waals surface area contributed by atoms with E-state index < -0.39 is 0 Å². The van der Waals surface area contributed by atoms with Gasteiger partial charge in [0.05, 0.1) is 11.2 Å². The Balaban J connectivity index is 1.33. The van der Waals surface area contributed by atoms with Crippen LogP contribution in [-0.2, 0) is 6.54 Å². The SMILES string of the molecule is Cc1cc2nc(C3CCN(Cc4cc5ccccc5nc4N(C)C)CC3)cc(N)n2n1. The fraction of sp³-hybridized carbons (Fsp3) is 0.375. The van der Waals surface area contributed by atoms with Crippen LogP contribution in [0.1, 0.15) is 35.7 Å². The molecular weight excluding hydrogens is 386 g/mol. The molecule has 3 aromatic heterocycles. The number of aryl methyl sites for hydroxylation is 1. The van der Waals surface area contributed by atoms with Crippen molar-refractivity contribution in [1.29, 1.82) is 0 Å². The van der Waals surface area contributed by atoms with Gasteiger partial charge in [-0.15, -0.1) is 0 Å². The van der Waals surface area contributed by atoms with Crippen molar-refractivity contribution in [1.82, 2.24) is 24.5 Å². The van der Waals surface area contributed by atoms with Gasteiger partial charge in [-0.1, -0.05) is 18.2 Å². The molecule has 0 atom stereocenters. The number of piperidine rings is 1. The van der Waals surface area contributed by atoms with E-state index in [1.54, 1.807) is 4.52 Å². The van der Waals surface area contributed by atoms with Crippen molar-refractivity contribution in [3.05, 3.63) is 59.4 Å². The summed E-state index contributed by atoms with van der Waals surface area (Å²) >= 11 is 0. The van der Waals surface area contributed by atoms with Crippen molar-refractivity contribution in [2.45, 2.75) is 32.2 Å². The van der Waals surface area contributed by atoms with Crippen molar-refractivity contribution >= 4 is 28.2 Å². The molecule has 2 N–H and O–H groups in total. The third kappa shape index (κ3) is 3.81. The van der Waals surface area contributed by atoms with Crippen molar-refractivity contribution in [3.8, 4) is 0 Å². The van der Waals surface area contributed by atoms with E-state index in [-0.39, 0.29) is 0 Å². The topological polar surface area (TPSA) is 75.6 Å². The number of rotatable bonds is 4. The third-order valence-corrected chi connectivity index (χ3v) is 6.20. The maximum Gasteiger partial charge on any atom is 0.157 e. The van der Waals surface area contributed by atoms with Gasteiger partial charge in [-0.2, -0.15) is 9.61 Å². The smallest absolute Gasteiger partial charge is 0.157 e. The van der Waals surface area contributed by atoms with Gasteiger partial charge in [-0.3, -0.25) is 4.90 Å². The number of para-hydroxylation sites is 1. The highest BCUT2D eigenvalue weighted by Crippen LogP contribution is 2.30. The van der Waals surface area contributed by atoms with Gasteiger partial charge >= 0.3 is 0 Å². The molecule has 5 rings (SSSR count). The number of aromatic nitrogens is 4. The minimum absolute atomic E-state index is 0.432. The second kappa shape index (κ2) is 7.81. The molecule has 7 heteroatoms. The molecule has 160 valence electrons. The maximum atomic E-state index is 6.24. The van der Waals surface area contributed by atoms with Crippen LogP contribution < -0.4 is 10.6 Å². The molecule has 1 aromatic carbocycles. The Morgan fingerprint density at radius 2 is 1.84 bits per heavy atom. The Bertz CT molecular complexity index is 1240. The molecule has 0 unspecified atom stereocenters. The standard InChI is InChI=1S/C24H29N7/c1-16-12-23-26-21(14-22(25)31(23)28-16)17-8-10-30(11-9-17)15-19-13-18-6-4-5-7-20(18)27-24(19)29(2)3/h4-7,12-14,17H,8-11,15,25H2,1-3H3. The lowest BCUT2D eigenvalue weighted by Crippen LogP contribution is -2.33. The van der Waals surface area contributed by atoms with E-state index in [0.717, 1.165) is 60.8 Å². The number of pyridine rings is 1. The highest BCUT2D eigenvalue weighted by Gasteiger charge is 2.24. The number of hydrogen-bond acceptors (Lipinski definition) is 6. The second-order valence-electron chi connectivity index (χ2n) is 8.77. The van der Waals surface area contributed by atoms with Gasteiger partial charge in [-0.25, -0.2) is 9.97 Å². The lowest BCUT2D eigenvalue weighted by Gasteiger charge is -2.32. The monoisotopic (exact) mass is 415 g/mol. The molecule has 0 amide bonds. The first kappa shape index (κ1) is 19.8. The summed E-state index contributed by atoms with van der Waals surface area (Å²) in [7, 11) is 4.13. The van der Waals surface area contributed by atoms with Crippen molar-refractivity contribution in [2.75, 3.05) is 37.8 Å². The average molecular weight is 416 g/mol. The van der Waals surface area contributed by atoms with Crippen molar-refractivity contribution in [2.24, 2.45) is 0 Å². The Labute approximate surface area is 182 Å². The fourth-order valence-electron chi connectivity index (χ4n) is 4.62. The predicted octanol–water partition coefficient (Wildman–Crippen LogP) is 3.61. The van der Waals surface area contributed by atoms with Crippen molar-refractivity contribution in [3.63, 3.8) is 0 Å². The summed E-state index contributed by atoms with van der Waals surface area (Å²) in [5, 5.41) is 5.61. The molecule has 1 aliphatic rings. The Morgan fingerprint density at radius 1 is 1.06 bits per heavy atom. The number of nitrogens with zero attached hydrogens (tertiary/aromatic N) is 6. The lowest BCUT2D eigenvalue weighted by atomic mass is 9.93. The number of nitrogen functional groups attached to an aromatic ring is 1. The molecule has 4 aromatic rings. The van der Waals surface area contributed by atoms with E-state index in [4.69, 9.17) is 15.7 Å². The number of likely N-dealkylation sites (tertiary alicyclic amines) is 1. The Kier molecular flexibility index (Phi) is 4.98. The fourth-order valence-corrected chi connectivity index (χ4v) is 4.62. The summed E-state index contributed by atoms with van der Waals surface area (Å²) in [4.78, 5) is 14.4. The first-order chi connectivity index (χ1) is 15.0. The van der Waals surface area contributed by atoms with Gasteiger partial charge < -0.3 is 10.6 Å². The molecule has 0 radical (unpaired) electrons. The van der Waals surface area contributed by atoms with E-state index in [2.05, 4.69) is 53.3 Å². The summed E-state index contributed by atoms with van der Waals surface area (Å²) in [5.74, 6) is 2.15. The van der Waals surface area contributed by atoms with E-state index >= 15 is 0 Å². The molecule has 1 fully saturated rings. The largest absolute Gasteiger partial charge is 0.384 e. The molecule has 31 heavy (non-hydrogen) atoms. The molecule has 7 nitrogen and oxygen atoms in total. The summed E-state index contributed by atoms with van der Waals surface area (Å²) in [6.07, 6.45) is 2.15. The van der Waals surface area contributed by atoms with Crippen LogP contribution in [0, 0.1) is 6.92 Å². The molecule has 4 heterocycles. The van der Waals surface area contributed by atoms with Gasteiger partial charge in [0.1, 0.15) is 11.6 Å². The maximum absolute atomic E-state index is 6.24. The minimum Gasteiger partial charge on any atom is -0.384 e. The van der Waals surface area contributed by atoms with Gasteiger partial charge in [0.2, 0.25) is 0 Å². The predicted molar refractivity (Wildman–Crippen MR) is 125 cm³/mol. The Morgan fingerprint density at radius 3 is 2.61 bits per heavy atom. The van der Waals surface area contributed by atoms with Crippen LogP contribution in [0.25, 0.3) is 16.6 Å². The first-order valence-corrected chi connectivity index (χ1v) is 10.9. The molecular formula is C24H29N7. The van der Waals surface area contributed by atoms with Crippen LogP contribution in [-0.4, -0.2) is 51.7 Å². The van der Waals surface area contributed by atoms with E-state index in [1.165, 1.54) is 10.9 Å². The molecule has 0 aliphatic carbocycles. The molecule has 0 spiro atoms. The highest BCUT2D eigenvalue weighted by atomic mass is 15.3. The minimum atomic E-state index is 0.432. The summed E-state index contributed by atoms with van der Waals surface area (Å²) in [6, 6.07) is 14.6. The zero-order valence-corrected chi connectivity index (χ0v) is 18.4. The third-order valence-electron chi connectivity index (χ3n) is 6.20. The molecule has 1 aliphatic heterocycles. The lowest BCUT2D eigenvalue weighted by molar-refractivity contribution is 0.203. The van der Waals surface area contributed by atoms with Gasteiger partial charge in [0.25, 0.3) is 0 Å². The van der Waals surface area contributed by atoms with E-state index in [0.29, 0.717) is 11.7 Å². The van der Waals surface area contributed by atoms with Crippen LogP contribution in [0.2, 0.25) is 0 Å². The molecule has 0 bridgehead atoms. The van der Waals surface area contributed by atoms with Crippen LogP contribution in [0.3, 0.4) is 0 Å². The number of hydrogen-bond donors (Lipinski definition) is 1. The van der Waals surface area contributed by atoms with Crippen LogP contribution in [0.5, 0.6) is 0 Å².